The smallest absolute Gasteiger partial charge is 0.154 e. The summed E-state index contributed by atoms with van der Waals surface area (Å²) in [6.45, 7) is 9.54. The standard InChI is InChI=1S/C18H23N5O/c1-13-3-4-20-21-18(13)23-11-14(2)17-15(12-23)9-16(10-19-17)22-5-7-24-8-6-22/h3-4,9-10,14H,5-8,11-12H2,1-2H3. The van der Waals surface area contributed by atoms with Gasteiger partial charge in [0.15, 0.2) is 5.82 Å². The number of hydrogen-bond donors (Lipinski definition) is 0. The molecule has 0 N–H and O–H groups in total. The van der Waals surface area contributed by atoms with Crippen LogP contribution >= 0.6 is 0 Å². The number of hydrogen-bond acceptors (Lipinski definition) is 6. The Balaban J connectivity index is 1.64. The summed E-state index contributed by atoms with van der Waals surface area (Å²) in [7, 11) is 0. The van der Waals surface area contributed by atoms with Crippen molar-refractivity contribution in [1.82, 2.24) is 15.2 Å². The van der Waals surface area contributed by atoms with Crippen LogP contribution in [-0.2, 0) is 11.3 Å². The Morgan fingerprint density at radius 1 is 1.21 bits per heavy atom. The summed E-state index contributed by atoms with van der Waals surface area (Å²) in [6, 6.07) is 4.31. The van der Waals surface area contributed by atoms with Gasteiger partial charge in [-0.1, -0.05) is 6.92 Å². The largest absolute Gasteiger partial charge is 0.378 e. The van der Waals surface area contributed by atoms with E-state index < -0.39 is 0 Å². The molecule has 1 atom stereocenters. The van der Waals surface area contributed by atoms with Crippen molar-refractivity contribution in [3.05, 3.63) is 41.3 Å². The second-order valence-corrected chi connectivity index (χ2v) is 6.66. The van der Waals surface area contributed by atoms with Gasteiger partial charge < -0.3 is 14.5 Å². The highest BCUT2D eigenvalue weighted by Crippen LogP contribution is 2.32. The number of rotatable bonds is 2. The average Bonchev–Trinajstić information content (AvgIpc) is 2.62. The molecule has 0 aliphatic carbocycles. The average molecular weight is 325 g/mol. The zero-order valence-corrected chi connectivity index (χ0v) is 14.3. The molecule has 2 aromatic rings. The fourth-order valence-electron chi connectivity index (χ4n) is 3.62. The van der Waals surface area contributed by atoms with E-state index in [0.717, 1.165) is 50.8 Å². The number of aromatic nitrogens is 3. The van der Waals surface area contributed by atoms with E-state index in [1.54, 1.807) is 6.20 Å². The summed E-state index contributed by atoms with van der Waals surface area (Å²) in [6.07, 6.45) is 3.77. The van der Waals surface area contributed by atoms with Gasteiger partial charge in [0.1, 0.15) is 0 Å². The SMILES string of the molecule is Cc1ccnnc1N1Cc2cc(N3CCOCC3)cnc2C(C)C1. The Bertz CT molecular complexity index is 729. The number of morpholine rings is 1. The molecule has 0 saturated carbocycles. The molecule has 2 aliphatic heterocycles. The highest BCUT2D eigenvalue weighted by Gasteiger charge is 2.26. The van der Waals surface area contributed by atoms with Crippen molar-refractivity contribution in [2.45, 2.75) is 26.3 Å². The summed E-state index contributed by atoms with van der Waals surface area (Å²) in [5, 5.41) is 8.41. The minimum absolute atomic E-state index is 0.383. The molecule has 1 unspecified atom stereocenters. The van der Waals surface area contributed by atoms with E-state index >= 15 is 0 Å². The molecule has 2 aromatic heterocycles. The number of aryl methyl sites for hydroxylation is 1. The Hall–Kier alpha value is -2.21. The van der Waals surface area contributed by atoms with Gasteiger partial charge in [0.2, 0.25) is 0 Å². The van der Waals surface area contributed by atoms with E-state index in [-0.39, 0.29) is 0 Å². The van der Waals surface area contributed by atoms with Crippen LogP contribution in [-0.4, -0.2) is 48.0 Å². The summed E-state index contributed by atoms with van der Waals surface area (Å²) in [5.41, 5.74) is 4.87. The van der Waals surface area contributed by atoms with Gasteiger partial charge in [0, 0.05) is 32.1 Å². The molecule has 1 fully saturated rings. The highest BCUT2D eigenvalue weighted by atomic mass is 16.5. The topological polar surface area (TPSA) is 54.4 Å². The summed E-state index contributed by atoms with van der Waals surface area (Å²) in [4.78, 5) is 9.46. The van der Waals surface area contributed by atoms with Gasteiger partial charge in [-0.3, -0.25) is 4.98 Å². The molecule has 0 bridgehead atoms. The molecule has 4 rings (SSSR count). The van der Waals surface area contributed by atoms with Crippen molar-refractivity contribution in [2.24, 2.45) is 0 Å². The molecule has 1 saturated heterocycles. The van der Waals surface area contributed by atoms with Crippen LogP contribution in [0.2, 0.25) is 0 Å². The van der Waals surface area contributed by atoms with Crippen LogP contribution in [0, 0.1) is 6.92 Å². The molecule has 0 aromatic carbocycles. The molecule has 126 valence electrons. The Labute approximate surface area is 142 Å². The Morgan fingerprint density at radius 2 is 2.04 bits per heavy atom. The molecule has 0 radical (unpaired) electrons. The lowest BCUT2D eigenvalue weighted by atomic mass is 9.95. The fraction of sp³-hybridized carbons (Fsp3) is 0.500. The first kappa shape index (κ1) is 15.3. The zero-order chi connectivity index (χ0) is 16.5. The van der Waals surface area contributed by atoms with Gasteiger partial charge in [0.05, 0.1) is 37.0 Å². The zero-order valence-electron chi connectivity index (χ0n) is 14.3. The van der Waals surface area contributed by atoms with E-state index in [1.807, 2.05) is 12.3 Å². The lowest BCUT2D eigenvalue weighted by molar-refractivity contribution is 0.122. The first-order valence-corrected chi connectivity index (χ1v) is 8.57. The molecule has 6 nitrogen and oxygen atoms in total. The lowest BCUT2D eigenvalue weighted by Crippen LogP contribution is -2.37. The summed E-state index contributed by atoms with van der Waals surface area (Å²) < 4.78 is 5.45. The Morgan fingerprint density at radius 3 is 2.83 bits per heavy atom. The number of ether oxygens (including phenoxy) is 1. The molecule has 6 heteroatoms. The predicted molar refractivity (Wildman–Crippen MR) is 93.5 cm³/mol. The van der Waals surface area contributed by atoms with Crippen LogP contribution in [0.25, 0.3) is 0 Å². The van der Waals surface area contributed by atoms with Gasteiger partial charge >= 0.3 is 0 Å². The summed E-state index contributed by atoms with van der Waals surface area (Å²) in [5.74, 6) is 1.36. The second-order valence-electron chi connectivity index (χ2n) is 6.66. The van der Waals surface area contributed by atoms with Gasteiger partial charge in [-0.25, -0.2) is 0 Å². The molecule has 0 spiro atoms. The van der Waals surface area contributed by atoms with Crippen LogP contribution in [0.1, 0.15) is 29.7 Å². The van der Waals surface area contributed by atoms with Gasteiger partial charge in [-0.2, -0.15) is 5.10 Å². The molecular weight excluding hydrogens is 302 g/mol. The summed E-state index contributed by atoms with van der Waals surface area (Å²) >= 11 is 0. The third-order valence-corrected chi connectivity index (χ3v) is 4.88. The first-order chi connectivity index (χ1) is 11.7. The quantitative estimate of drug-likeness (QED) is 0.843. The normalized spacial score (nSPS) is 20.8. The van der Waals surface area contributed by atoms with Crippen LogP contribution < -0.4 is 9.80 Å². The van der Waals surface area contributed by atoms with Crippen LogP contribution in [0.4, 0.5) is 11.5 Å². The third-order valence-electron chi connectivity index (χ3n) is 4.88. The number of fused-ring (bicyclic) bond motifs is 1. The molecular formula is C18H23N5O. The minimum Gasteiger partial charge on any atom is -0.378 e. The maximum Gasteiger partial charge on any atom is 0.154 e. The number of pyridine rings is 1. The maximum absolute atomic E-state index is 5.45. The molecule has 4 heterocycles. The fourth-order valence-corrected chi connectivity index (χ4v) is 3.62. The van der Waals surface area contributed by atoms with Crippen molar-refractivity contribution in [3.63, 3.8) is 0 Å². The first-order valence-electron chi connectivity index (χ1n) is 8.57. The lowest BCUT2D eigenvalue weighted by Gasteiger charge is -2.35. The molecule has 0 amide bonds. The monoisotopic (exact) mass is 325 g/mol. The molecule has 24 heavy (non-hydrogen) atoms. The second kappa shape index (κ2) is 6.36. The predicted octanol–water partition coefficient (Wildman–Crippen LogP) is 2.14. The van der Waals surface area contributed by atoms with Crippen molar-refractivity contribution < 1.29 is 4.74 Å². The van der Waals surface area contributed by atoms with E-state index in [2.05, 4.69) is 39.9 Å². The van der Waals surface area contributed by atoms with E-state index in [4.69, 9.17) is 9.72 Å². The van der Waals surface area contributed by atoms with Gasteiger partial charge in [-0.05, 0) is 30.2 Å². The number of anilines is 2. The van der Waals surface area contributed by atoms with Crippen molar-refractivity contribution in [3.8, 4) is 0 Å². The van der Waals surface area contributed by atoms with E-state index in [1.165, 1.54) is 16.9 Å². The maximum atomic E-state index is 5.45. The van der Waals surface area contributed by atoms with Gasteiger partial charge in [0.25, 0.3) is 0 Å². The number of nitrogens with zero attached hydrogens (tertiary/aromatic N) is 5. The third kappa shape index (κ3) is 2.82. The molecule has 2 aliphatic rings. The van der Waals surface area contributed by atoms with E-state index in [9.17, 15) is 0 Å². The van der Waals surface area contributed by atoms with Crippen molar-refractivity contribution >= 4 is 11.5 Å². The van der Waals surface area contributed by atoms with Crippen LogP contribution in [0.5, 0.6) is 0 Å². The van der Waals surface area contributed by atoms with Crippen LogP contribution in [0.3, 0.4) is 0 Å². The van der Waals surface area contributed by atoms with Crippen molar-refractivity contribution in [2.75, 3.05) is 42.6 Å². The van der Waals surface area contributed by atoms with Crippen LogP contribution in [0.15, 0.2) is 24.5 Å². The van der Waals surface area contributed by atoms with Crippen molar-refractivity contribution in [1.29, 1.82) is 0 Å². The van der Waals surface area contributed by atoms with Gasteiger partial charge in [-0.15, -0.1) is 5.10 Å². The Kier molecular flexibility index (Phi) is 4.06. The van der Waals surface area contributed by atoms with E-state index in [0.29, 0.717) is 5.92 Å². The highest BCUT2D eigenvalue weighted by molar-refractivity contribution is 5.53. The minimum atomic E-state index is 0.383.